The highest BCUT2D eigenvalue weighted by Gasteiger charge is 2.21. The van der Waals surface area contributed by atoms with Crippen molar-refractivity contribution in [3.8, 4) is 16.9 Å². The Morgan fingerprint density at radius 1 is 1.09 bits per heavy atom. The maximum Gasteiger partial charge on any atom is 0.308 e. The van der Waals surface area contributed by atoms with Gasteiger partial charge in [-0.2, -0.15) is 5.10 Å². The van der Waals surface area contributed by atoms with Crippen LogP contribution in [-0.2, 0) is 11.2 Å². The molecule has 0 radical (unpaired) electrons. The van der Waals surface area contributed by atoms with Crippen molar-refractivity contribution < 1.29 is 9.90 Å². The van der Waals surface area contributed by atoms with E-state index in [9.17, 15) is 9.90 Å². The second-order valence-electron chi connectivity index (χ2n) is 4.95. The van der Waals surface area contributed by atoms with E-state index in [0.29, 0.717) is 16.3 Å². The monoisotopic (exact) mass is 346 g/mol. The minimum absolute atomic E-state index is 0.215. The molecule has 0 unspecified atom stereocenters. The van der Waals surface area contributed by atoms with Crippen LogP contribution in [0, 0.1) is 0 Å². The van der Waals surface area contributed by atoms with E-state index in [4.69, 9.17) is 23.2 Å². The van der Waals surface area contributed by atoms with Crippen LogP contribution in [0.4, 0.5) is 0 Å². The summed E-state index contributed by atoms with van der Waals surface area (Å²) in [5.74, 6) is -0.970. The van der Waals surface area contributed by atoms with Crippen LogP contribution < -0.4 is 0 Å². The van der Waals surface area contributed by atoms with Gasteiger partial charge in [-0.05, 0) is 24.3 Å². The van der Waals surface area contributed by atoms with E-state index in [1.165, 1.54) is 4.68 Å². The Morgan fingerprint density at radius 2 is 1.83 bits per heavy atom. The van der Waals surface area contributed by atoms with E-state index in [0.717, 1.165) is 11.3 Å². The molecule has 4 nitrogen and oxygen atoms in total. The Morgan fingerprint density at radius 3 is 2.48 bits per heavy atom. The van der Waals surface area contributed by atoms with Gasteiger partial charge in [0, 0.05) is 16.1 Å². The smallest absolute Gasteiger partial charge is 0.308 e. The van der Waals surface area contributed by atoms with Crippen LogP contribution in [0.15, 0.2) is 54.6 Å². The number of aliphatic carboxylic acids is 1. The number of hydrogen-bond donors (Lipinski definition) is 1. The van der Waals surface area contributed by atoms with Gasteiger partial charge in [0.1, 0.15) is 5.15 Å². The second-order valence-corrected chi connectivity index (χ2v) is 5.74. The molecule has 1 aromatic heterocycles. The van der Waals surface area contributed by atoms with Gasteiger partial charge < -0.3 is 5.11 Å². The molecule has 0 amide bonds. The molecule has 3 rings (SSSR count). The van der Waals surface area contributed by atoms with Gasteiger partial charge in [0.25, 0.3) is 0 Å². The molecule has 2 aromatic carbocycles. The Kier molecular flexibility index (Phi) is 4.37. The van der Waals surface area contributed by atoms with Crippen LogP contribution in [0.5, 0.6) is 0 Å². The average molecular weight is 347 g/mol. The van der Waals surface area contributed by atoms with E-state index in [1.54, 1.807) is 18.2 Å². The SMILES string of the molecule is O=C(O)Cc1c(-c2cccc(Cl)c2)nn(-c2ccccc2)c1Cl. The first kappa shape index (κ1) is 15.6. The Hall–Kier alpha value is -2.30. The maximum absolute atomic E-state index is 11.2. The molecule has 0 bridgehead atoms. The predicted octanol–water partition coefficient (Wildman–Crippen LogP) is 4.47. The second kappa shape index (κ2) is 6.44. The molecule has 0 fully saturated rings. The van der Waals surface area contributed by atoms with Crippen molar-refractivity contribution in [2.24, 2.45) is 0 Å². The number of rotatable bonds is 4. The van der Waals surface area contributed by atoms with Crippen molar-refractivity contribution in [1.82, 2.24) is 9.78 Å². The summed E-state index contributed by atoms with van der Waals surface area (Å²) in [7, 11) is 0. The number of para-hydroxylation sites is 1. The van der Waals surface area contributed by atoms with Crippen molar-refractivity contribution in [3.63, 3.8) is 0 Å². The lowest BCUT2D eigenvalue weighted by Crippen LogP contribution is -2.01. The lowest BCUT2D eigenvalue weighted by atomic mass is 10.1. The Bertz CT molecular complexity index is 860. The molecular formula is C17H12Cl2N2O2. The molecule has 0 aliphatic carbocycles. The fourth-order valence-corrected chi connectivity index (χ4v) is 2.83. The molecule has 1 heterocycles. The summed E-state index contributed by atoms with van der Waals surface area (Å²) in [6.45, 7) is 0. The van der Waals surface area contributed by atoms with Gasteiger partial charge >= 0.3 is 5.97 Å². The normalized spacial score (nSPS) is 10.7. The summed E-state index contributed by atoms with van der Waals surface area (Å²) >= 11 is 12.4. The first-order valence-corrected chi connectivity index (χ1v) is 7.62. The largest absolute Gasteiger partial charge is 0.481 e. The third kappa shape index (κ3) is 3.23. The summed E-state index contributed by atoms with van der Waals surface area (Å²) in [4.78, 5) is 11.2. The zero-order chi connectivity index (χ0) is 16.4. The van der Waals surface area contributed by atoms with Crippen LogP contribution in [0.2, 0.25) is 10.2 Å². The highest BCUT2D eigenvalue weighted by molar-refractivity contribution is 6.31. The summed E-state index contributed by atoms with van der Waals surface area (Å²) in [5, 5.41) is 14.5. The number of aromatic nitrogens is 2. The van der Waals surface area contributed by atoms with Crippen molar-refractivity contribution in [3.05, 3.63) is 70.3 Å². The van der Waals surface area contributed by atoms with Gasteiger partial charge in [0.2, 0.25) is 0 Å². The van der Waals surface area contributed by atoms with E-state index in [2.05, 4.69) is 5.10 Å². The molecule has 0 spiro atoms. The quantitative estimate of drug-likeness (QED) is 0.757. The molecule has 1 N–H and O–H groups in total. The number of carboxylic acids is 1. The molecule has 3 aromatic rings. The van der Waals surface area contributed by atoms with Gasteiger partial charge in [-0.3, -0.25) is 4.79 Å². The van der Waals surface area contributed by atoms with Gasteiger partial charge in [0.05, 0.1) is 17.8 Å². The van der Waals surface area contributed by atoms with Crippen LogP contribution in [0.3, 0.4) is 0 Å². The minimum atomic E-state index is -0.970. The number of benzene rings is 2. The highest BCUT2D eigenvalue weighted by atomic mass is 35.5. The number of nitrogens with zero attached hydrogens (tertiary/aromatic N) is 2. The summed E-state index contributed by atoms with van der Waals surface area (Å²) in [6, 6.07) is 16.4. The number of carbonyl (C=O) groups is 1. The topological polar surface area (TPSA) is 55.1 Å². The molecular weight excluding hydrogens is 335 g/mol. The minimum Gasteiger partial charge on any atom is -0.481 e. The lowest BCUT2D eigenvalue weighted by molar-refractivity contribution is -0.136. The van der Waals surface area contributed by atoms with Crippen molar-refractivity contribution in [2.45, 2.75) is 6.42 Å². The third-order valence-electron chi connectivity index (χ3n) is 3.35. The third-order valence-corrected chi connectivity index (χ3v) is 3.97. The van der Waals surface area contributed by atoms with Crippen LogP contribution in [-0.4, -0.2) is 20.9 Å². The average Bonchev–Trinajstić information content (AvgIpc) is 2.85. The molecule has 0 aliphatic rings. The van der Waals surface area contributed by atoms with Gasteiger partial charge in [-0.15, -0.1) is 0 Å². The Labute approximate surface area is 142 Å². The molecule has 0 saturated heterocycles. The molecule has 116 valence electrons. The van der Waals surface area contributed by atoms with Gasteiger partial charge in [-0.1, -0.05) is 53.5 Å². The molecule has 0 aliphatic heterocycles. The fourth-order valence-electron chi connectivity index (χ4n) is 2.35. The van der Waals surface area contributed by atoms with Crippen LogP contribution >= 0.6 is 23.2 Å². The zero-order valence-electron chi connectivity index (χ0n) is 11.9. The summed E-state index contributed by atoms with van der Waals surface area (Å²) < 4.78 is 1.54. The fraction of sp³-hybridized carbons (Fsp3) is 0.0588. The first-order chi connectivity index (χ1) is 11.1. The lowest BCUT2D eigenvalue weighted by Gasteiger charge is -2.02. The number of halogens is 2. The number of carboxylic acid groups (broad SMARTS) is 1. The van der Waals surface area contributed by atoms with Gasteiger partial charge in [-0.25, -0.2) is 4.68 Å². The van der Waals surface area contributed by atoms with Gasteiger partial charge in [0.15, 0.2) is 0 Å². The van der Waals surface area contributed by atoms with E-state index in [-0.39, 0.29) is 11.6 Å². The molecule has 0 atom stereocenters. The van der Waals surface area contributed by atoms with Crippen LogP contribution in [0.1, 0.15) is 5.56 Å². The van der Waals surface area contributed by atoms with E-state index < -0.39 is 5.97 Å². The summed E-state index contributed by atoms with van der Waals surface area (Å²) in [5.41, 5.74) is 2.47. The molecule has 23 heavy (non-hydrogen) atoms. The molecule has 0 saturated carbocycles. The summed E-state index contributed by atoms with van der Waals surface area (Å²) in [6.07, 6.45) is -0.215. The highest BCUT2D eigenvalue weighted by Crippen LogP contribution is 2.32. The first-order valence-electron chi connectivity index (χ1n) is 6.87. The number of hydrogen-bond acceptors (Lipinski definition) is 2. The van der Waals surface area contributed by atoms with E-state index >= 15 is 0 Å². The van der Waals surface area contributed by atoms with Crippen molar-refractivity contribution >= 4 is 29.2 Å². The van der Waals surface area contributed by atoms with Crippen molar-refractivity contribution in [2.75, 3.05) is 0 Å². The van der Waals surface area contributed by atoms with E-state index in [1.807, 2.05) is 36.4 Å². The predicted molar refractivity (Wildman–Crippen MR) is 90.4 cm³/mol. The molecule has 6 heteroatoms. The van der Waals surface area contributed by atoms with Crippen LogP contribution in [0.25, 0.3) is 16.9 Å². The maximum atomic E-state index is 11.2. The standard InChI is InChI=1S/C17H12Cl2N2O2/c18-12-6-4-5-11(9-12)16-14(10-15(22)23)17(19)21(20-16)13-7-2-1-3-8-13/h1-9H,10H2,(H,22,23). The van der Waals surface area contributed by atoms with Crippen molar-refractivity contribution in [1.29, 1.82) is 0 Å². The Balaban J connectivity index is 2.20. The zero-order valence-corrected chi connectivity index (χ0v) is 13.4.